The van der Waals surface area contributed by atoms with E-state index in [1.54, 1.807) is 0 Å². The van der Waals surface area contributed by atoms with Crippen LogP contribution in [0.5, 0.6) is 0 Å². The van der Waals surface area contributed by atoms with Gasteiger partial charge in [0.25, 0.3) is 0 Å². The van der Waals surface area contributed by atoms with Crippen LogP contribution in [0, 0.1) is 12.8 Å². The molecule has 3 aliphatic heterocycles. The summed E-state index contributed by atoms with van der Waals surface area (Å²) in [6.45, 7) is 6.97. The van der Waals surface area contributed by atoms with Gasteiger partial charge in [-0.2, -0.15) is 0 Å². The average molecular weight is 400 g/mol. The smallest absolute Gasteiger partial charge is 0.320 e. The Morgan fingerprint density at radius 3 is 2.38 bits per heavy atom. The molecule has 0 spiro atoms. The highest BCUT2D eigenvalue weighted by Crippen LogP contribution is 2.23. The highest BCUT2D eigenvalue weighted by atomic mass is 16.2. The van der Waals surface area contributed by atoms with E-state index in [2.05, 4.69) is 27.3 Å². The molecule has 1 aromatic heterocycles. The van der Waals surface area contributed by atoms with Crippen molar-refractivity contribution in [1.29, 1.82) is 0 Å². The molecule has 158 valence electrons. The second kappa shape index (κ2) is 9.01. The standard InChI is InChI=1S/C22H33N5O2/c1-17-6-7-20(23-15-17)25-13-8-18(9-14-25)21(28)24-19-5-4-12-27(16-19)22(29)26-10-2-3-11-26/h6-7,15,18-19H,2-5,8-14,16H2,1H3,(H,24,28). The lowest BCUT2D eigenvalue weighted by atomic mass is 9.95. The van der Waals surface area contributed by atoms with E-state index in [0.717, 1.165) is 82.6 Å². The molecule has 0 aromatic carbocycles. The number of hydrogen-bond acceptors (Lipinski definition) is 4. The summed E-state index contributed by atoms with van der Waals surface area (Å²) in [6, 6.07) is 4.38. The largest absolute Gasteiger partial charge is 0.357 e. The quantitative estimate of drug-likeness (QED) is 0.847. The third-order valence-electron chi connectivity index (χ3n) is 6.50. The number of nitrogens with one attached hydrogen (secondary N) is 1. The molecule has 29 heavy (non-hydrogen) atoms. The van der Waals surface area contributed by atoms with Crippen LogP contribution in [0.2, 0.25) is 0 Å². The van der Waals surface area contributed by atoms with Crippen LogP contribution in [0.15, 0.2) is 18.3 Å². The first-order valence-corrected chi connectivity index (χ1v) is 11.1. The van der Waals surface area contributed by atoms with Crippen LogP contribution in [0.1, 0.15) is 44.1 Å². The Hall–Kier alpha value is -2.31. The molecule has 3 fully saturated rings. The Kier molecular flexibility index (Phi) is 6.21. The number of aryl methyl sites for hydroxylation is 1. The number of aromatic nitrogens is 1. The van der Waals surface area contributed by atoms with Crippen molar-refractivity contribution in [3.63, 3.8) is 0 Å². The summed E-state index contributed by atoms with van der Waals surface area (Å²) in [6.07, 6.45) is 7.73. The van der Waals surface area contributed by atoms with Crippen molar-refractivity contribution in [1.82, 2.24) is 20.1 Å². The number of urea groups is 1. The summed E-state index contributed by atoms with van der Waals surface area (Å²) in [4.78, 5) is 36.1. The van der Waals surface area contributed by atoms with Crippen LogP contribution in [0.25, 0.3) is 0 Å². The number of carbonyl (C=O) groups is 2. The zero-order chi connectivity index (χ0) is 20.2. The minimum absolute atomic E-state index is 0.0568. The Balaban J connectivity index is 1.25. The van der Waals surface area contributed by atoms with Gasteiger partial charge in [-0.15, -0.1) is 0 Å². The van der Waals surface area contributed by atoms with Gasteiger partial charge < -0.3 is 20.0 Å². The highest BCUT2D eigenvalue weighted by Gasteiger charge is 2.31. The number of rotatable bonds is 3. The molecule has 1 atom stereocenters. The number of amides is 3. The Bertz CT molecular complexity index is 708. The molecule has 3 amide bonds. The van der Waals surface area contributed by atoms with Gasteiger partial charge in [-0.3, -0.25) is 4.79 Å². The van der Waals surface area contributed by atoms with Crippen molar-refractivity contribution in [3.05, 3.63) is 23.9 Å². The van der Waals surface area contributed by atoms with Crippen LogP contribution >= 0.6 is 0 Å². The third-order valence-corrected chi connectivity index (χ3v) is 6.50. The average Bonchev–Trinajstić information content (AvgIpc) is 3.29. The minimum atomic E-state index is 0.0568. The van der Waals surface area contributed by atoms with Gasteiger partial charge in [0.2, 0.25) is 5.91 Å². The van der Waals surface area contributed by atoms with Gasteiger partial charge in [-0.05, 0) is 57.1 Å². The molecular weight excluding hydrogens is 366 g/mol. The zero-order valence-corrected chi connectivity index (χ0v) is 17.5. The summed E-state index contributed by atoms with van der Waals surface area (Å²) in [5.41, 5.74) is 1.16. The molecule has 7 nitrogen and oxygen atoms in total. The molecule has 3 aliphatic rings. The van der Waals surface area contributed by atoms with Gasteiger partial charge in [0.05, 0.1) is 0 Å². The van der Waals surface area contributed by atoms with Crippen molar-refractivity contribution < 1.29 is 9.59 Å². The molecule has 0 radical (unpaired) electrons. The summed E-state index contributed by atoms with van der Waals surface area (Å²) in [5.74, 6) is 1.21. The fraction of sp³-hybridized carbons (Fsp3) is 0.682. The van der Waals surface area contributed by atoms with Crippen LogP contribution < -0.4 is 10.2 Å². The zero-order valence-electron chi connectivity index (χ0n) is 17.5. The second-order valence-electron chi connectivity index (χ2n) is 8.73. The fourth-order valence-corrected chi connectivity index (χ4v) is 4.71. The third kappa shape index (κ3) is 4.82. The van der Waals surface area contributed by atoms with E-state index in [4.69, 9.17) is 0 Å². The van der Waals surface area contributed by atoms with Crippen molar-refractivity contribution in [2.45, 2.75) is 51.5 Å². The molecule has 0 bridgehead atoms. The van der Waals surface area contributed by atoms with E-state index in [-0.39, 0.29) is 23.9 Å². The maximum absolute atomic E-state index is 12.8. The van der Waals surface area contributed by atoms with E-state index in [1.165, 1.54) is 0 Å². The lowest BCUT2D eigenvalue weighted by Gasteiger charge is -2.37. The predicted octanol–water partition coefficient (Wildman–Crippen LogP) is 2.40. The monoisotopic (exact) mass is 399 g/mol. The molecular formula is C22H33N5O2. The van der Waals surface area contributed by atoms with Crippen molar-refractivity contribution in [3.8, 4) is 0 Å². The highest BCUT2D eigenvalue weighted by molar-refractivity contribution is 5.79. The van der Waals surface area contributed by atoms with Crippen molar-refractivity contribution in [2.75, 3.05) is 44.2 Å². The number of nitrogens with zero attached hydrogens (tertiary/aromatic N) is 4. The number of hydrogen-bond donors (Lipinski definition) is 1. The van der Waals surface area contributed by atoms with E-state index in [1.807, 2.05) is 22.9 Å². The molecule has 1 aromatic rings. The van der Waals surface area contributed by atoms with Gasteiger partial charge in [-0.25, -0.2) is 9.78 Å². The minimum Gasteiger partial charge on any atom is -0.357 e. The van der Waals surface area contributed by atoms with Crippen LogP contribution in [-0.2, 0) is 4.79 Å². The summed E-state index contributed by atoms with van der Waals surface area (Å²) in [5, 5.41) is 3.24. The van der Waals surface area contributed by atoms with Gasteiger partial charge in [0.1, 0.15) is 5.82 Å². The lowest BCUT2D eigenvalue weighted by molar-refractivity contribution is -0.126. The topological polar surface area (TPSA) is 68.8 Å². The van der Waals surface area contributed by atoms with Crippen molar-refractivity contribution in [2.24, 2.45) is 5.92 Å². The summed E-state index contributed by atoms with van der Waals surface area (Å²) in [7, 11) is 0. The van der Waals surface area contributed by atoms with Crippen molar-refractivity contribution >= 4 is 17.8 Å². The fourth-order valence-electron chi connectivity index (χ4n) is 4.71. The molecule has 3 saturated heterocycles. The first-order chi connectivity index (χ1) is 14.1. The molecule has 4 heterocycles. The van der Waals surface area contributed by atoms with Gasteiger partial charge >= 0.3 is 6.03 Å². The number of carbonyl (C=O) groups excluding carboxylic acids is 2. The second-order valence-corrected chi connectivity index (χ2v) is 8.73. The molecule has 7 heteroatoms. The Morgan fingerprint density at radius 1 is 0.966 bits per heavy atom. The Labute approximate surface area is 173 Å². The van der Waals surface area contributed by atoms with Crippen LogP contribution in [0.3, 0.4) is 0 Å². The van der Waals surface area contributed by atoms with E-state index >= 15 is 0 Å². The first-order valence-electron chi connectivity index (χ1n) is 11.1. The van der Waals surface area contributed by atoms with E-state index in [0.29, 0.717) is 6.54 Å². The number of anilines is 1. The van der Waals surface area contributed by atoms with Crippen LogP contribution in [-0.4, -0.2) is 72.0 Å². The maximum atomic E-state index is 12.8. The molecule has 0 saturated carbocycles. The van der Waals surface area contributed by atoms with E-state index < -0.39 is 0 Å². The molecule has 1 unspecified atom stereocenters. The normalized spacial score (nSPS) is 23.3. The summed E-state index contributed by atoms with van der Waals surface area (Å²) >= 11 is 0. The summed E-state index contributed by atoms with van der Waals surface area (Å²) < 4.78 is 0. The number of likely N-dealkylation sites (tertiary alicyclic amines) is 2. The molecule has 1 N–H and O–H groups in total. The lowest BCUT2D eigenvalue weighted by Crippen LogP contribution is -2.54. The SMILES string of the molecule is Cc1ccc(N2CCC(C(=O)NC3CCCN(C(=O)N4CCCC4)C3)CC2)nc1. The Morgan fingerprint density at radius 2 is 1.69 bits per heavy atom. The first kappa shape index (κ1) is 20.0. The predicted molar refractivity (Wildman–Crippen MR) is 113 cm³/mol. The van der Waals surface area contributed by atoms with Gasteiger partial charge in [0.15, 0.2) is 0 Å². The van der Waals surface area contributed by atoms with Gasteiger partial charge in [-0.1, -0.05) is 6.07 Å². The maximum Gasteiger partial charge on any atom is 0.320 e. The van der Waals surface area contributed by atoms with E-state index in [9.17, 15) is 9.59 Å². The number of pyridine rings is 1. The molecule has 4 rings (SSSR count). The van der Waals surface area contributed by atoms with Crippen LogP contribution in [0.4, 0.5) is 10.6 Å². The van der Waals surface area contributed by atoms with Gasteiger partial charge in [0, 0.05) is 57.4 Å². The number of piperidine rings is 2. The molecule has 0 aliphatic carbocycles.